The van der Waals surface area contributed by atoms with E-state index < -0.39 is 23.9 Å². The number of amides is 2. The van der Waals surface area contributed by atoms with E-state index in [1.165, 1.54) is 24.0 Å². The molecule has 1 aliphatic heterocycles. The van der Waals surface area contributed by atoms with Crippen molar-refractivity contribution in [1.82, 2.24) is 5.32 Å². The summed E-state index contributed by atoms with van der Waals surface area (Å²) in [5.74, 6) is -1.75. The minimum atomic E-state index is -1.12. The van der Waals surface area contributed by atoms with E-state index in [9.17, 15) is 14.4 Å². The molecule has 0 aromatic heterocycles. The van der Waals surface area contributed by atoms with E-state index >= 15 is 0 Å². The molecule has 2 N–H and O–H groups in total. The van der Waals surface area contributed by atoms with Crippen LogP contribution in [0, 0.1) is 0 Å². The predicted octanol–water partition coefficient (Wildman–Crippen LogP) is 2.77. The number of carboxylic acid groups (broad SMARTS) is 1. The second kappa shape index (κ2) is 9.40. The molecule has 0 radical (unpaired) electrons. The highest BCUT2D eigenvalue weighted by Gasteiger charge is 2.34. The van der Waals surface area contributed by atoms with Gasteiger partial charge in [-0.05, 0) is 62.0 Å². The summed E-state index contributed by atoms with van der Waals surface area (Å²) < 4.78 is 11.0. The number of carboxylic acids is 1. The number of para-hydroxylation sites is 1. The van der Waals surface area contributed by atoms with Crippen LogP contribution in [0.3, 0.4) is 0 Å². The van der Waals surface area contributed by atoms with Crippen molar-refractivity contribution in [2.45, 2.75) is 20.0 Å². The largest absolute Gasteiger partial charge is 0.490 e. The fraction of sp³-hybridized carbons (Fsp3) is 0.182. The minimum Gasteiger partial charge on any atom is -0.490 e. The van der Waals surface area contributed by atoms with Crippen molar-refractivity contribution in [2.24, 2.45) is 0 Å². The minimum absolute atomic E-state index is 0.000221. The van der Waals surface area contributed by atoms with Crippen LogP contribution in [0.1, 0.15) is 19.4 Å². The Bertz CT molecular complexity index is 1070. The molecule has 0 bridgehead atoms. The molecule has 0 aliphatic carbocycles. The lowest BCUT2D eigenvalue weighted by atomic mass is 10.1. The molecule has 31 heavy (non-hydrogen) atoms. The van der Waals surface area contributed by atoms with Crippen LogP contribution in [0.4, 0.5) is 5.69 Å². The number of carbonyl (C=O) groups excluding carboxylic acids is 2. The Labute approximate surface area is 184 Å². The highest BCUT2D eigenvalue weighted by Crippen LogP contribution is 2.31. The van der Waals surface area contributed by atoms with Gasteiger partial charge in [0.15, 0.2) is 22.7 Å². The zero-order valence-corrected chi connectivity index (χ0v) is 17.6. The lowest BCUT2D eigenvalue weighted by molar-refractivity contribution is -0.144. The molecule has 1 atom stereocenters. The number of hydrogen-bond donors (Lipinski definition) is 2. The standard InChI is InChI=1S/C22H20N2O6S/c1-3-29-18-12-14(9-10-17(18)30-13(2)21(27)28)11-16-19(25)23-22(31)24(20(16)26)15-7-5-4-6-8-15/h4-13H,3H2,1-2H3,(H,27,28)(H,23,25,31)/b16-11-/t13-/m0/s1. The van der Waals surface area contributed by atoms with Gasteiger partial charge in [0, 0.05) is 0 Å². The second-order valence-corrected chi connectivity index (χ2v) is 6.92. The number of nitrogens with zero attached hydrogens (tertiary/aromatic N) is 1. The number of rotatable bonds is 7. The molecule has 0 spiro atoms. The molecule has 9 heteroatoms. The first-order chi connectivity index (χ1) is 14.8. The number of hydrogen-bond acceptors (Lipinski definition) is 6. The number of carbonyl (C=O) groups is 3. The summed E-state index contributed by atoms with van der Waals surface area (Å²) in [7, 11) is 0. The first-order valence-electron chi connectivity index (χ1n) is 9.44. The Balaban J connectivity index is 1.96. The van der Waals surface area contributed by atoms with E-state index in [-0.39, 0.29) is 16.4 Å². The van der Waals surface area contributed by atoms with Crippen LogP contribution in [-0.2, 0) is 14.4 Å². The Hall–Kier alpha value is -3.72. The monoisotopic (exact) mass is 440 g/mol. The van der Waals surface area contributed by atoms with Crippen molar-refractivity contribution in [2.75, 3.05) is 11.5 Å². The van der Waals surface area contributed by atoms with E-state index in [1.54, 1.807) is 49.4 Å². The van der Waals surface area contributed by atoms with Crippen LogP contribution in [0.25, 0.3) is 6.08 Å². The number of thiocarbonyl (C=S) groups is 1. The maximum absolute atomic E-state index is 13.0. The van der Waals surface area contributed by atoms with Crippen LogP contribution >= 0.6 is 12.2 Å². The maximum atomic E-state index is 13.0. The van der Waals surface area contributed by atoms with Crippen molar-refractivity contribution >= 4 is 46.9 Å². The second-order valence-electron chi connectivity index (χ2n) is 6.53. The molecule has 3 rings (SSSR count). The van der Waals surface area contributed by atoms with E-state index in [4.69, 9.17) is 26.8 Å². The molecule has 1 heterocycles. The zero-order chi connectivity index (χ0) is 22.5. The van der Waals surface area contributed by atoms with Crippen molar-refractivity contribution in [3.63, 3.8) is 0 Å². The van der Waals surface area contributed by atoms with Gasteiger partial charge in [0.1, 0.15) is 5.57 Å². The normalized spacial score (nSPS) is 16.1. The van der Waals surface area contributed by atoms with Crippen molar-refractivity contribution in [3.8, 4) is 11.5 Å². The van der Waals surface area contributed by atoms with Gasteiger partial charge in [0.05, 0.1) is 12.3 Å². The van der Waals surface area contributed by atoms with Gasteiger partial charge in [0.2, 0.25) is 0 Å². The number of nitrogens with one attached hydrogen (secondary N) is 1. The van der Waals surface area contributed by atoms with Crippen LogP contribution in [0.5, 0.6) is 11.5 Å². The fourth-order valence-electron chi connectivity index (χ4n) is 2.86. The molecule has 160 valence electrons. The number of benzene rings is 2. The maximum Gasteiger partial charge on any atom is 0.344 e. The Morgan fingerprint density at radius 2 is 1.90 bits per heavy atom. The van der Waals surface area contributed by atoms with E-state index in [1.807, 2.05) is 0 Å². The van der Waals surface area contributed by atoms with Gasteiger partial charge in [0.25, 0.3) is 11.8 Å². The molecule has 2 aromatic carbocycles. The molecular weight excluding hydrogens is 420 g/mol. The van der Waals surface area contributed by atoms with Crippen LogP contribution in [0.2, 0.25) is 0 Å². The molecule has 1 fully saturated rings. The summed E-state index contributed by atoms with van der Waals surface area (Å²) in [6, 6.07) is 13.4. The van der Waals surface area contributed by atoms with Crippen LogP contribution < -0.4 is 19.7 Å². The van der Waals surface area contributed by atoms with E-state index in [0.717, 1.165) is 0 Å². The number of anilines is 1. The first kappa shape index (κ1) is 22.0. The van der Waals surface area contributed by atoms with Gasteiger partial charge >= 0.3 is 5.97 Å². The molecule has 2 amide bonds. The molecule has 0 saturated carbocycles. The number of aliphatic carboxylic acids is 1. The smallest absolute Gasteiger partial charge is 0.344 e. The SMILES string of the molecule is CCOc1cc(/C=C2/C(=O)NC(=S)N(c3ccccc3)C2=O)ccc1O[C@@H](C)C(=O)O. The summed E-state index contributed by atoms with van der Waals surface area (Å²) >= 11 is 5.18. The summed E-state index contributed by atoms with van der Waals surface area (Å²) in [5, 5.41) is 11.6. The van der Waals surface area contributed by atoms with Crippen molar-refractivity contribution in [3.05, 3.63) is 59.7 Å². The van der Waals surface area contributed by atoms with Gasteiger partial charge in [-0.1, -0.05) is 24.3 Å². The van der Waals surface area contributed by atoms with Gasteiger partial charge < -0.3 is 14.6 Å². The molecule has 1 saturated heterocycles. The van der Waals surface area contributed by atoms with Crippen molar-refractivity contribution in [1.29, 1.82) is 0 Å². The lowest BCUT2D eigenvalue weighted by Gasteiger charge is -2.28. The lowest BCUT2D eigenvalue weighted by Crippen LogP contribution is -2.54. The third-order valence-corrected chi connectivity index (χ3v) is 4.63. The summed E-state index contributed by atoms with van der Waals surface area (Å²) in [6.07, 6.45) is 0.344. The van der Waals surface area contributed by atoms with Gasteiger partial charge in [-0.15, -0.1) is 0 Å². The molecule has 2 aromatic rings. The van der Waals surface area contributed by atoms with Gasteiger partial charge in [-0.25, -0.2) is 4.79 Å². The third kappa shape index (κ3) is 4.89. The molecule has 0 unspecified atom stereocenters. The summed E-state index contributed by atoms with van der Waals surface area (Å²) in [4.78, 5) is 37.8. The Morgan fingerprint density at radius 1 is 1.19 bits per heavy atom. The van der Waals surface area contributed by atoms with E-state index in [2.05, 4.69) is 5.32 Å². The molecule has 1 aliphatic rings. The Morgan fingerprint density at radius 3 is 2.55 bits per heavy atom. The number of ether oxygens (including phenoxy) is 2. The highest BCUT2D eigenvalue weighted by atomic mass is 32.1. The van der Waals surface area contributed by atoms with E-state index in [0.29, 0.717) is 23.6 Å². The fourth-order valence-corrected chi connectivity index (χ4v) is 3.14. The summed E-state index contributed by atoms with van der Waals surface area (Å²) in [6.45, 7) is 3.49. The highest BCUT2D eigenvalue weighted by molar-refractivity contribution is 7.80. The van der Waals surface area contributed by atoms with Gasteiger partial charge in [-0.3, -0.25) is 19.8 Å². The molecular formula is C22H20N2O6S. The topological polar surface area (TPSA) is 105 Å². The average molecular weight is 440 g/mol. The quantitative estimate of drug-likeness (QED) is 0.387. The van der Waals surface area contributed by atoms with Crippen LogP contribution in [-0.4, -0.2) is 40.7 Å². The zero-order valence-electron chi connectivity index (χ0n) is 16.8. The average Bonchev–Trinajstić information content (AvgIpc) is 2.73. The Kier molecular flexibility index (Phi) is 6.66. The first-order valence-corrected chi connectivity index (χ1v) is 9.85. The van der Waals surface area contributed by atoms with Gasteiger partial charge in [-0.2, -0.15) is 0 Å². The molecule has 8 nitrogen and oxygen atoms in total. The summed E-state index contributed by atoms with van der Waals surface area (Å²) in [5.41, 5.74) is 0.926. The predicted molar refractivity (Wildman–Crippen MR) is 118 cm³/mol. The van der Waals surface area contributed by atoms with Crippen LogP contribution in [0.15, 0.2) is 54.1 Å². The third-order valence-electron chi connectivity index (χ3n) is 4.35. The van der Waals surface area contributed by atoms with Crippen molar-refractivity contribution < 1.29 is 29.0 Å².